The van der Waals surface area contributed by atoms with E-state index in [1.54, 1.807) is 25.3 Å². The summed E-state index contributed by atoms with van der Waals surface area (Å²) in [6, 6.07) is 5.29. The number of halogens is 1. The molecule has 6 heteroatoms. The molecule has 1 rings (SSSR count). The summed E-state index contributed by atoms with van der Waals surface area (Å²) in [5.74, 6) is 0.510. The Kier molecular flexibility index (Phi) is 7.46. The number of aliphatic hydroxyl groups is 1. The molecule has 18 heavy (non-hydrogen) atoms. The molecule has 4 nitrogen and oxygen atoms in total. The van der Waals surface area contributed by atoms with E-state index in [-0.39, 0.29) is 6.61 Å². The van der Waals surface area contributed by atoms with Crippen molar-refractivity contribution in [1.29, 1.82) is 0 Å². The summed E-state index contributed by atoms with van der Waals surface area (Å²) < 4.78 is 10.1. The van der Waals surface area contributed by atoms with Gasteiger partial charge >= 0.3 is 0 Å². The maximum absolute atomic E-state index is 9.71. The number of nitrogen functional groups attached to an aromatic ring is 1. The van der Waals surface area contributed by atoms with Crippen molar-refractivity contribution < 1.29 is 14.6 Å². The zero-order valence-corrected chi connectivity index (χ0v) is 11.8. The van der Waals surface area contributed by atoms with E-state index in [1.807, 2.05) is 0 Å². The van der Waals surface area contributed by atoms with Crippen LogP contribution in [-0.2, 0) is 9.47 Å². The van der Waals surface area contributed by atoms with Crippen molar-refractivity contribution in [2.24, 2.45) is 0 Å². The Morgan fingerprint density at radius 1 is 1.44 bits per heavy atom. The van der Waals surface area contributed by atoms with Gasteiger partial charge in [0.05, 0.1) is 30.9 Å². The van der Waals surface area contributed by atoms with Crippen molar-refractivity contribution >= 4 is 29.1 Å². The van der Waals surface area contributed by atoms with Gasteiger partial charge in [-0.05, 0) is 18.2 Å². The third-order valence-electron chi connectivity index (χ3n) is 2.13. The molecule has 1 atom stereocenters. The monoisotopic (exact) mass is 291 g/mol. The van der Waals surface area contributed by atoms with E-state index in [0.29, 0.717) is 29.7 Å². The van der Waals surface area contributed by atoms with E-state index in [1.165, 1.54) is 11.8 Å². The highest BCUT2D eigenvalue weighted by atomic mass is 35.5. The molecule has 0 bridgehead atoms. The number of ether oxygens (including phenoxy) is 2. The summed E-state index contributed by atoms with van der Waals surface area (Å²) in [4.78, 5) is 0.868. The predicted molar refractivity (Wildman–Crippen MR) is 75.3 cm³/mol. The SMILES string of the molecule is COCCOCC(O)CSc1cc(N)ccc1Cl. The first-order valence-corrected chi connectivity index (χ1v) is 6.92. The minimum atomic E-state index is -0.538. The number of rotatable bonds is 8. The summed E-state index contributed by atoms with van der Waals surface area (Å²) >= 11 is 7.48. The van der Waals surface area contributed by atoms with Crippen molar-refractivity contribution in [3.63, 3.8) is 0 Å². The van der Waals surface area contributed by atoms with Gasteiger partial charge in [0.15, 0.2) is 0 Å². The fourth-order valence-corrected chi connectivity index (χ4v) is 2.40. The van der Waals surface area contributed by atoms with Crippen LogP contribution in [0.25, 0.3) is 0 Å². The van der Waals surface area contributed by atoms with Gasteiger partial charge in [-0.1, -0.05) is 11.6 Å². The quantitative estimate of drug-likeness (QED) is 0.436. The molecule has 1 unspecified atom stereocenters. The van der Waals surface area contributed by atoms with Gasteiger partial charge in [-0.3, -0.25) is 0 Å². The molecule has 0 saturated carbocycles. The van der Waals surface area contributed by atoms with Crippen molar-refractivity contribution in [3.8, 4) is 0 Å². The maximum atomic E-state index is 9.71. The second kappa shape index (κ2) is 8.61. The average Bonchev–Trinajstić information content (AvgIpc) is 2.36. The molecule has 0 saturated heterocycles. The van der Waals surface area contributed by atoms with Crippen LogP contribution in [0.1, 0.15) is 0 Å². The molecule has 0 aliphatic carbocycles. The summed E-state index contributed by atoms with van der Waals surface area (Å²) in [5, 5.41) is 10.3. The molecule has 0 fully saturated rings. The van der Waals surface area contributed by atoms with Crippen molar-refractivity contribution in [3.05, 3.63) is 23.2 Å². The van der Waals surface area contributed by atoms with Gasteiger partial charge in [-0.15, -0.1) is 11.8 Å². The molecule has 0 aromatic heterocycles. The van der Waals surface area contributed by atoms with Gasteiger partial charge in [0.1, 0.15) is 0 Å². The number of nitrogens with two attached hydrogens (primary N) is 1. The lowest BCUT2D eigenvalue weighted by Crippen LogP contribution is -2.19. The largest absolute Gasteiger partial charge is 0.399 e. The van der Waals surface area contributed by atoms with Crippen LogP contribution in [0.2, 0.25) is 5.02 Å². The van der Waals surface area contributed by atoms with Gasteiger partial charge in [0.25, 0.3) is 0 Å². The molecule has 0 amide bonds. The van der Waals surface area contributed by atoms with E-state index in [2.05, 4.69) is 0 Å². The lowest BCUT2D eigenvalue weighted by atomic mass is 10.3. The van der Waals surface area contributed by atoms with Crippen LogP contribution >= 0.6 is 23.4 Å². The highest BCUT2D eigenvalue weighted by molar-refractivity contribution is 7.99. The third kappa shape index (κ3) is 5.93. The highest BCUT2D eigenvalue weighted by Crippen LogP contribution is 2.29. The number of methoxy groups -OCH3 is 1. The van der Waals surface area contributed by atoms with Crippen LogP contribution in [0.5, 0.6) is 0 Å². The van der Waals surface area contributed by atoms with Crippen molar-refractivity contribution in [2.45, 2.75) is 11.0 Å². The van der Waals surface area contributed by atoms with Gasteiger partial charge in [-0.25, -0.2) is 0 Å². The zero-order valence-electron chi connectivity index (χ0n) is 10.3. The minimum Gasteiger partial charge on any atom is -0.399 e. The number of anilines is 1. The summed E-state index contributed by atoms with van der Waals surface area (Å²) in [6.07, 6.45) is -0.538. The first-order valence-electron chi connectivity index (χ1n) is 5.56. The third-order valence-corrected chi connectivity index (χ3v) is 3.77. The van der Waals surface area contributed by atoms with Gasteiger partial charge in [0, 0.05) is 23.4 Å². The molecule has 1 aromatic carbocycles. The lowest BCUT2D eigenvalue weighted by Gasteiger charge is -2.11. The molecular formula is C12H18ClNO3S. The van der Waals surface area contributed by atoms with Gasteiger partial charge in [-0.2, -0.15) is 0 Å². The van der Waals surface area contributed by atoms with Crippen LogP contribution < -0.4 is 5.73 Å². The first-order chi connectivity index (χ1) is 8.63. The molecular weight excluding hydrogens is 274 g/mol. The average molecular weight is 292 g/mol. The molecule has 102 valence electrons. The Balaban J connectivity index is 2.29. The van der Waals surface area contributed by atoms with E-state index < -0.39 is 6.10 Å². The number of aliphatic hydroxyl groups excluding tert-OH is 1. The molecule has 0 aliphatic heterocycles. The number of hydrogen-bond acceptors (Lipinski definition) is 5. The van der Waals surface area contributed by atoms with Crippen LogP contribution in [-0.4, -0.2) is 43.9 Å². The maximum Gasteiger partial charge on any atom is 0.0867 e. The second-order valence-corrected chi connectivity index (χ2v) is 5.19. The fraction of sp³-hybridized carbons (Fsp3) is 0.500. The molecule has 0 radical (unpaired) electrons. The van der Waals surface area contributed by atoms with Gasteiger partial charge in [0.2, 0.25) is 0 Å². The second-order valence-electron chi connectivity index (χ2n) is 3.72. The highest BCUT2D eigenvalue weighted by Gasteiger charge is 2.08. The topological polar surface area (TPSA) is 64.7 Å². The molecule has 0 spiro atoms. The first kappa shape index (κ1) is 15.6. The van der Waals surface area contributed by atoms with Crippen LogP contribution in [0, 0.1) is 0 Å². The normalized spacial score (nSPS) is 12.6. The fourth-order valence-electron chi connectivity index (χ4n) is 1.23. The standard InChI is InChI=1S/C12H18ClNO3S/c1-16-4-5-17-7-10(15)8-18-12-6-9(14)2-3-11(12)13/h2-3,6,10,15H,4-5,7-8,14H2,1H3. The molecule has 0 heterocycles. The Labute approximate surface area is 116 Å². The van der Waals surface area contributed by atoms with E-state index in [4.69, 9.17) is 26.8 Å². The lowest BCUT2D eigenvalue weighted by molar-refractivity contribution is 0.0218. The zero-order chi connectivity index (χ0) is 13.4. The van der Waals surface area contributed by atoms with Crippen molar-refractivity contribution in [1.82, 2.24) is 0 Å². The van der Waals surface area contributed by atoms with E-state index in [9.17, 15) is 5.11 Å². The number of thioether (sulfide) groups is 1. The number of hydrogen-bond donors (Lipinski definition) is 2. The van der Waals surface area contributed by atoms with Crippen LogP contribution in [0.15, 0.2) is 23.1 Å². The smallest absolute Gasteiger partial charge is 0.0867 e. The molecule has 0 aliphatic rings. The Hall–Kier alpha value is -0.460. The summed E-state index contributed by atoms with van der Waals surface area (Å²) in [7, 11) is 1.61. The number of benzene rings is 1. The molecule has 3 N–H and O–H groups in total. The Morgan fingerprint density at radius 2 is 2.22 bits per heavy atom. The molecule has 1 aromatic rings. The Morgan fingerprint density at radius 3 is 2.94 bits per heavy atom. The summed E-state index contributed by atoms with van der Waals surface area (Å²) in [6.45, 7) is 1.30. The summed E-state index contributed by atoms with van der Waals surface area (Å²) in [5.41, 5.74) is 6.33. The minimum absolute atomic E-state index is 0.288. The predicted octanol–water partition coefficient (Wildman–Crippen LogP) is 2.04. The van der Waals surface area contributed by atoms with Crippen molar-refractivity contribution in [2.75, 3.05) is 38.4 Å². The van der Waals surface area contributed by atoms with E-state index >= 15 is 0 Å². The van der Waals surface area contributed by atoms with Crippen LogP contribution in [0.3, 0.4) is 0 Å². The van der Waals surface area contributed by atoms with E-state index in [0.717, 1.165) is 4.90 Å². The van der Waals surface area contributed by atoms with Gasteiger partial charge < -0.3 is 20.3 Å². The Bertz CT molecular complexity index is 365. The van der Waals surface area contributed by atoms with Crippen LogP contribution in [0.4, 0.5) is 5.69 Å².